The maximum absolute atomic E-state index is 10.7. The summed E-state index contributed by atoms with van der Waals surface area (Å²) in [5.41, 5.74) is 4.71. The van der Waals surface area contributed by atoms with E-state index in [1.54, 1.807) is 0 Å². The molecule has 0 aromatic carbocycles. The number of primary amides is 1. The first-order valence-electron chi connectivity index (χ1n) is 3.20. The number of rotatable bonds is 1. The molecule has 3 heteroatoms. The summed E-state index contributed by atoms with van der Waals surface area (Å²) in [7, 11) is 0. The van der Waals surface area contributed by atoms with Crippen molar-refractivity contribution in [1.29, 1.82) is 0 Å². The lowest BCUT2D eigenvalue weighted by Gasteiger charge is -2.18. The van der Waals surface area contributed by atoms with Gasteiger partial charge >= 0.3 is 0 Å². The predicted octanol–water partition coefficient (Wildman–Crippen LogP) is -0.386. The van der Waals surface area contributed by atoms with Crippen LogP contribution in [0.5, 0.6) is 0 Å². The third-order valence-corrected chi connectivity index (χ3v) is 1.91. The summed E-state index contributed by atoms with van der Waals surface area (Å²) in [6.07, 6.45) is 1.93. The van der Waals surface area contributed by atoms with Gasteiger partial charge in [-0.3, -0.25) is 4.79 Å². The first-order valence-corrected chi connectivity index (χ1v) is 3.20. The molecule has 1 aliphatic rings. The van der Waals surface area contributed by atoms with E-state index in [9.17, 15) is 4.79 Å². The lowest BCUT2D eigenvalue weighted by atomic mass is 10.0. The van der Waals surface area contributed by atoms with Crippen LogP contribution in [0.25, 0.3) is 0 Å². The monoisotopic (exact) mass is 128 g/mol. The second kappa shape index (κ2) is 1.99. The normalized spacial score (nSPS) is 34.8. The van der Waals surface area contributed by atoms with Crippen molar-refractivity contribution in [1.82, 2.24) is 5.32 Å². The summed E-state index contributed by atoms with van der Waals surface area (Å²) in [5.74, 6) is -0.236. The van der Waals surface area contributed by atoms with Gasteiger partial charge in [-0.2, -0.15) is 0 Å². The van der Waals surface area contributed by atoms with Gasteiger partial charge in [-0.05, 0) is 26.3 Å². The zero-order valence-corrected chi connectivity index (χ0v) is 5.61. The van der Waals surface area contributed by atoms with Gasteiger partial charge in [0.15, 0.2) is 0 Å². The minimum absolute atomic E-state index is 0.236. The lowest BCUT2D eigenvalue weighted by molar-refractivity contribution is -0.123. The third-order valence-electron chi connectivity index (χ3n) is 1.91. The topological polar surface area (TPSA) is 55.1 Å². The van der Waals surface area contributed by atoms with E-state index in [1.807, 2.05) is 6.92 Å². The maximum atomic E-state index is 10.7. The minimum Gasteiger partial charge on any atom is -0.368 e. The van der Waals surface area contributed by atoms with Crippen LogP contribution in [0.2, 0.25) is 0 Å². The molecule has 1 saturated heterocycles. The summed E-state index contributed by atoms with van der Waals surface area (Å²) in [6, 6.07) is 0. The van der Waals surface area contributed by atoms with Crippen molar-refractivity contribution in [3.8, 4) is 0 Å². The molecule has 0 radical (unpaired) electrons. The number of nitrogens with one attached hydrogen (secondary N) is 1. The van der Waals surface area contributed by atoms with Crippen LogP contribution in [0.15, 0.2) is 0 Å². The van der Waals surface area contributed by atoms with Gasteiger partial charge in [-0.25, -0.2) is 0 Å². The Bertz CT molecular complexity index is 127. The van der Waals surface area contributed by atoms with Crippen LogP contribution in [-0.2, 0) is 4.79 Å². The summed E-state index contributed by atoms with van der Waals surface area (Å²) < 4.78 is 0. The van der Waals surface area contributed by atoms with Crippen LogP contribution in [-0.4, -0.2) is 18.0 Å². The van der Waals surface area contributed by atoms with Gasteiger partial charge in [0.25, 0.3) is 0 Å². The van der Waals surface area contributed by atoms with Crippen molar-refractivity contribution in [2.24, 2.45) is 5.73 Å². The molecule has 9 heavy (non-hydrogen) atoms. The molecule has 1 unspecified atom stereocenters. The molecule has 0 bridgehead atoms. The van der Waals surface area contributed by atoms with Gasteiger partial charge in [0, 0.05) is 0 Å². The largest absolute Gasteiger partial charge is 0.368 e. The van der Waals surface area contributed by atoms with Crippen molar-refractivity contribution in [2.75, 3.05) is 6.54 Å². The SMILES string of the molecule is CC1(C(N)=O)CCCN1. The summed E-state index contributed by atoms with van der Waals surface area (Å²) in [6.45, 7) is 2.77. The lowest BCUT2D eigenvalue weighted by Crippen LogP contribution is -2.48. The van der Waals surface area contributed by atoms with Crippen molar-refractivity contribution < 1.29 is 4.79 Å². The van der Waals surface area contributed by atoms with Crippen LogP contribution in [0, 0.1) is 0 Å². The zero-order valence-electron chi connectivity index (χ0n) is 5.61. The second-order valence-electron chi connectivity index (χ2n) is 2.73. The smallest absolute Gasteiger partial charge is 0.237 e. The Morgan fingerprint density at radius 3 is 2.67 bits per heavy atom. The molecule has 1 rings (SSSR count). The number of amides is 1. The fraction of sp³-hybridized carbons (Fsp3) is 0.833. The van der Waals surface area contributed by atoms with E-state index in [0.717, 1.165) is 19.4 Å². The fourth-order valence-corrected chi connectivity index (χ4v) is 1.10. The fourth-order valence-electron chi connectivity index (χ4n) is 1.10. The molecular formula is C6H12N2O. The van der Waals surface area contributed by atoms with E-state index < -0.39 is 5.54 Å². The van der Waals surface area contributed by atoms with Crippen LogP contribution in [0.4, 0.5) is 0 Å². The molecule has 3 nitrogen and oxygen atoms in total. The Morgan fingerprint density at radius 1 is 1.78 bits per heavy atom. The molecule has 1 amide bonds. The second-order valence-corrected chi connectivity index (χ2v) is 2.73. The summed E-state index contributed by atoms with van der Waals surface area (Å²) in [5, 5.41) is 3.06. The molecule has 3 N–H and O–H groups in total. The Morgan fingerprint density at radius 2 is 2.44 bits per heavy atom. The predicted molar refractivity (Wildman–Crippen MR) is 34.8 cm³/mol. The number of hydrogen-bond acceptors (Lipinski definition) is 2. The van der Waals surface area contributed by atoms with Gasteiger partial charge in [0.2, 0.25) is 5.91 Å². The standard InChI is InChI=1S/C6H12N2O/c1-6(5(7)9)3-2-4-8-6/h8H,2-4H2,1H3,(H2,7,9). The quantitative estimate of drug-likeness (QED) is 0.505. The molecule has 0 aromatic rings. The van der Waals surface area contributed by atoms with E-state index >= 15 is 0 Å². The number of nitrogens with two attached hydrogens (primary N) is 1. The highest BCUT2D eigenvalue weighted by Crippen LogP contribution is 2.16. The number of carbonyl (C=O) groups excluding carboxylic acids is 1. The van der Waals surface area contributed by atoms with Crippen LogP contribution < -0.4 is 11.1 Å². The highest BCUT2D eigenvalue weighted by molar-refractivity contribution is 5.84. The molecule has 52 valence electrons. The molecule has 0 aliphatic carbocycles. The summed E-state index contributed by atoms with van der Waals surface area (Å²) in [4.78, 5) is 10.7. The van der Waals surface area contributed by atoms with Gasteiger partial charge in [-0.1, -0.05) is 0 Å². The van der Waals surface area contributed by atoms with Crippen molar-refractivity contribution in [3.63, 3.8) is 0 Å². The molecule has 1 atom stereocenters. The van der Waals surface area contributed by atoms with Crippen LogP contribution in [0.3, 0.4) is 0 Å². The average molecular weight is 128 g/mol. The van der Waals surface area contributed by atoms with Crippen molar-refractivity contribution in [3.05, 3.63) is 0 Å². The highest BCUT2D eigenvalue weighted by atomic mass is 16.1. The summed E-state index contributed by atoms with van der Waals surface area (Å²) >= 11 is 0. The van der Waals surface area contributed by atoms with Crippen molar-refractivity contribution >= 4 is 5.91 Å². The van der Waals surface area contributed by atoms with E-state index in [2.05, 4.69) is 5.32 Å². The van der Waals surface area contributed by atoms with Gasteiger partial charge in [0.1, 0.15) is 0 Å². The first kappa shape index (κ1) is 6.55. The molecule has 0 saturated carbocycles. The van der Waals surface area contributed by atoms with Gasteiger partial charge < -0.3 is 11.1 Å². The van der Waals surface area contributed by atoms with E-state index in [-0.39, 0.29) is 5.91 Å². The molecule has 0 spiro atoms. The number of hydrogen-bond donors (Lipinski definition) is 2. The van der Waals surface area contributed by atoms with Crippen molar-refractivity contribution in [2.45, 2.75) is 25.3 Å². The average Bonchev–Trinajstić information content (AvgIpc) is 2.16. The maximum Gasteiger partial charge on any atom is 0.237 e. The van der Waals surface area contributed by atoms with Crippen LogP contribution >= 0.6 is 0 Å². The van der Waals surface area contributed by atoms with Gasteiger partial charge in [-0.15, -0.1) is 0 Å². The molecule has 1 heterocycles. The molecule has 0 aromatic heterocycles. The minimum atomic E-state index is -0.417. The van der Waals surface area contributed by atoms with Crippen LogP contribution in [0.1, 0.15) is 19.8 Å². The van der Waals surface area contributed by atoms with E-state index in [0.29, 0.717) is 0 Å². The van der Waals surface area contributed by atoms with E-state index in [4.69, 9.17) is 5.73 Å². The number of carbonyl (C=O) groups is 1. The Balaban J connectivity index is 2.61. The molecule has 1 fully saturated rings. The zero-order chi connectivity index (χ0) is 6.91. The Hall–Kier alpha value is -0.570. The molecular weight excluding hydrogens is 116 g/mol. The Labute approximate surface area is 54.6 Å². The third kappa shape index (κ3) is 1.05. The highest BCUT2D eigenvalue weighted by Gasteiger charge is 2.33. The first-order chi connectivity index (χ1) is 4.15. The molecule has 1 aliphatic heterocycles. The van der Waals surface area contributed by atoms with E-state index in [1.165, 1.54) is 0 Å². The Kier molecular flexibility index (Phi) is 1.45. The van der Waals surface area contributed by atoms with Gasteiger partial charge in [0.05, 0.1) is 5.54 Å².